The summed E-state index contributed by atoms with van der Waals surface area (Å²) in [6.45, 7) is 0. The van der Waals surface area contributed by atoms with Crippen LogP contribution in [0, 0.1) is 23.2 Å². The van der Waals surface area contributed by atoms with E-state index in [9.17, 15) is 4.39 Å². The van der Waals surface area contributed by atoms with Gasteiger partial charge in [0.15, 0.2) is 0 Å². The summed E-state index contributed by atoms with van der Waals surface area (Å²) < 4.78 is 13.4. The minimum absolute atomic E-state index is 0.129. The zero-order valence-corrected chi connectivity index (χ0v) is 10.5. The van der Waals surface area contributed by atoms with Gasteiger partial charge in [-0.15, -0.1) is 0 Å². The zero-order valence-electron chi connectivity index (χ0n) is 10.5. The Hall–Kier alpha value is -1.92. The first kappa shape index (κ1) is 12.1. The lowest BCUT2D eigenvalue weighted by molar-refractivity contribution is 0.384. The molecule has 0 saturated carbocycles. The number of nitrogens with zero attached hydrogens (tertiary/aromatic N) is 1. The van der Waals surface area contributed by atoms with Gasteiger partial charge >= 0.3 is 0 Å². The normalized spacial score (nSPS) is 28.7. The summed E-state index contributed by atoms with van der Waals surface area (Å²) in [5.74, 6) is 0.128. The van der Waals surface area contributed by atoms with Crippen molar-refractivity contribution in [3.63, 3.8) is 0 Å². The molecule has 0 saturated heterocycles. The molecule has 2 aliphatic carbocycles. The maximum absolute atomic E-state index is 13.4. The Morgan fingerprint density at radius 2 is 2.21 bits per heavy atom. The first-order chi connectivity index (χ1) is 9.19. The van der Waals surface area contributed by atoms with Crippen LogP contribution in [0.25, 0.3) is 0 Å². The van der Waals surface area contributed by atoms with E-state index in [0.717, 1.165) is 24.0 Å². The molecule has 1 aromatic carbocycles. The molecule has 0 spiro atoms. The van der Waals surface area contributed by atoms with Gasteiger partial charge in [0.2, 0.25) is 0 Å². The molecule has 0 aromatic heterocycles. The Morgan fingerprint density at radius 1 is 1.37 bits per heavy atom. The van der Waals surface area contributed by atoms with E-state index in [-0.39, 0.29) is 23.7 Å². The summed E-state index contributed by atoms with van der Waals surface area (Å²) in [6.07, 6.45) is 6.80. The Bertz CT molecular complexity index is 610. The van der Waals surface area contributed by atoms with Crippen LogP contribution in [-0.4, -0.2) is 0 Å². The van der Waals surface area contributed by atoms with Gasteiger partial charge in [-0.05, 0) is 54.2 Å². The van der Waals surface area contributed by atoms with E-state index in [1.54, 1.807) is 6.08 Å². The second-order valence-corrected chi connectivity index (χ2v) is 5.24. The molecule has 2 nitrogen and oxygen atoms in total. The Morgan fingerprint density at radius 3 is 3.00 bits per heavy atom. The predicted molar refractivity (Wildman–Crippen MR) is 71.7 cm³/mol. The van der Waals surface area contributed by atoms with Crippen LogP contribution in [0.2, 0.25) is 0 Å². The van der Waals surface area contributed by atoms with Gasteiger partial charge in [-0.3, -0.25) is 0 Å². The van der Waals surface area contributed by atoms with Crippen molar-refractivity contribution >= 4 is 0 Å². The fourth-order valence-electron chi connectivity index (χ4n) is 3.13. The molecule has 3 atom stereocenters. The van der Waals surface area contributed by atoms with Crippen molar-refractivity contribution in [2.75, 3.05) is 0 Å². The zero-order chi connectivity index (χ0) is 13.4. The number of rotatable bonds is 0. The van der Waals surface area contributed by atoms with Crippen LogP contribution in [-0.2, 0) is 6.42 Å². The number of halogens is 1. The quantitative estimate of drug-likeness (QED) is 0.773. The molecule has 0 bridgehead atoms. The first-order valence-electron chi connectivity index (χ1n) is 6.53. The summed E-state index contributed by atoms with van der Waals surface area (Å²) in [4.78, 5) is 0. The molecule has 1 aromatic rings. The fourth-order valence-corrected chi connectivity index (χ4v) is 3.13. The molecule has 0 heterocycles. The second kappa shape index (κ2) is 4.64. The van der Waals surface area contributed by atoms with Crippen LogP contribution in [0.3, 0.4) is 0 Å². The molecule has 96 valence electrons. The minimum atomic E-state index is -0.169. The van der Waals surface area contributed by atoms with Crippen LogP contribution in [0.4, 0.5) is 4.39 Å². The van der Waals surface area contributed by atoms with Crippen LogP contribution in [0.1, 0.15) is 29.2 Å². The molecule has 2 unspecified atom stereocenters. The highest BCUT2D eigenvalue weighted by Gasteiger charge is 2.31. The molecule has 3 rings (SSSR count). The van der Waals surface area contributed by atoms with E-state index >= 15 is 0 Å². The van der Waals surface area contributed by atoms with Gasteiger partial charge < -0.3 is 5.73 Å². The Labute approximate surface area is 112 Å². The van der Waals surface area contributed by atoms with Gasteiger partial charge in [-0.2, -0.15) is 5.26 Å². The highest BCUT2D eigenvalue weighted by atomic mass is 19.1. The first-order valence-corrected chi connectivity index (χ1v) is 6.53. The van der Waals surface area contributed by atoms with Crippen LogP contribution in [0.5, 0.6) is 0 Å². The standard InChI is InChI=1S/C16H15FN2/c17-13-4-6-15-12(8-13)3-2-11-7-10(9-18)1-5-14(11)16(15)19/h1,4-8,12,15-16H,2-3,19H2/t12?,15?,16-/m0/s1. The number of aryl methyl sites for hydroxylation is 1. The number of benzene rings is 1. The maximum Gasteiger partial charge on any atom is 0.119 e. The van der Waals surface area contributed by atoms with Crippen molar-refractivity contribution in [2.45, 2.75) is 18.9 Å². The molecule has 0 amide bonds. The van der Waals surface area contributed by atoms with E-state index in [4.69, 9.17) is 11.0 Å². The van der Waals surface area contributed by atoms with Crippen LogP contribution in [0.15, 0.2) is 42.3 Å². The highest BCUT2D eigenvalue weighted by molar-refractivity contribution is 5.42. The Kier molecular flexibility index (Phi) is 2.96. The highest BCUT2D eigenvalue weighted by Crippen LogP contribution is 2.39. The second-order valence-electron chi connectivity index (χ2n) is 5.24. The molecule has 2 N–H and O–H groups in total. The lowest BCUT2D eigenvalue weighted by Gasteiger charge is -2.27. The summed E-state index contributed by atoms with van der Waals surface area (Å²) in [5, 5.41) is 8.96. The van der Waals surface area contributed by atoms with Gasteiger partial charge in [0, 0.05) is 12.0 Å². The molecule has 0 radical (unpaired) electrons. The summed E-state index contributed by atoms with van der Waals surface area (Å²) in [7, 11) is 0. The SMILES string of the molecule is N#Cc1ccc2c(c1)CCC1C=C(F)C=CC1[C@H]2N. The molecule has 0 fully saturated rings. The summed E-state index contributed by atoms with van der Waals surface area (Å²) in [6, 6.07) is 7.69. The molecule has 19 heavy (non-hydrogen) atoms. The third kappa shape index (κ3) is 2.09. The van der Waals surface area contributed by atoms with Crippen molar-refractivity contribution in [3.05, 3.63) is 58.9 Å². The number of allylic oxidation sites excluding steroid dienone is 3. The molecular weight excluding hydrogens is 239 g/mol. The third-order valence-corrected chi connectivity index (χ3v) is 4.14. The number of nitrogens with two attached hydrogens (primary N) is 1. The lowest BCUT2D eigenvalue weighted by Crippen LogP contribution is -2.26. The molecule has 2 aliphatic rings. The topological polar surface area (TPSA) is 49.8 Å². The van der Waals surface area contributed by atoms with Crippen molar-refractivity contribution in [1.29, 1.82) is 5.26 Å². The van der Waals surface area contributed by atoms with Gasteiger partial charge in [0.05, 0.1) is 11.6 Å². The van der Waals surface area contributed by atoms with E-state index in [0.29, 0.717) is 5.56 Å². The largest absolute Gasteiger partial charge is 0.323 e. The third-order valence-electron chi connectivity index (χ3n) is 4.14. The minimum Gasteiger partial charge on any atom is -0.323 e. The van der Waals surface area contributed by atoms with Crippen molar-refractivity contribution in [3.8, 4) is 6.07 Å². The molecule has 0 aliphatic heterocycles. The fraction of sp³-hybridized carbons (Fsp3) is 0.312. The lowest BCUT2D eigenvalue weighted by atomic mass is 9.81. The van der Waals surface area contributed by atoms with E-state index < -0.39 is 0 Å². The number of nitriles is 1. The van der Waals surface area contributed by atoms with Gasteiger partial charge in [-0.25, -0.2) is 4.39 Å². The number of hydrogen-bond acceptors (Lipinski definition) is 2. The smallest absolute Gasteiger partial charge is 0.119 e. The maximum atomic E-state index is 13.4. The monoisotopic (exact) mass is 254 g/mol. The van der Waals surface area contributed by atoms with Gasteiger partial charge in [0.25, 0.3) is 0 Å². The number of hydrogen-bond donors (Lipinski definition) is 1. The predicted octanol–water partition coefficient (Wildman–Crippen LogP) is 3.16. The van der Waals surface area contributed by atoms with E-state index in [1.165, 1.54) is 6.08 Å². The average molecular weight is 254 g/mol. The molecule has 3 heteroatoms. The van der Waals surface area contributed by atoms with Crippen LogP contribution < -0.4 is 5.73 Å². The van der Waals surface area contributed by atoms with Crippen molar-refractivity contribution < 1.29 is 4.39 Å². The average Bonchev–Trinajstić information content (AvgIpc) is 2.56. The van der Waals surface area contributed by atoms with E-state index in [1.807, 2.05) is 24.3 Å². The van der Waals surface area contributed by atoms with Crippen molar-refractivity contribution in [2.24, 2.45) is 17.6 Å². The van der Waals surface area contributed by atoms with Crippen molar-refractivity contribution in [1.82, 2.24) is 0 Å². The van der Waals surface area contributed by atoms with Crippen LogP contribution >= 0.6 is 0 Å². The summed E-state index contributed by atoms with van der Waals surface area (Å²) in [5.41, 5.74) is 9.23. The number of fused-ring (bicyclic) bond motifs is 2. The Balaban J connectivity index is 2.02. The summed E-state index contributed by atoms with van der Waals surface area (Å²) >= 11 is 0. The van der Waals surface area contributed by atoms with Gasteiger partial charge in [0.1, 0.15) is 5.83 Å². The van der Waals surface area contributed by atoms with E-state index in [2.05, 4.69) is 6.07 Å². The van der Waals surface area contributed by atoms with Gasteiger partial charge in [-0.1, -0.05) is 12.1 Å². The molecular formula is C16H15FN2.